The van der Waals surface area contributed by atoms with Crippen LogP contribution in [0.25, 0.3) is 0 Å². The van der Waals surface area contributed by atoms with Crippen molar-refractivity contribution in [3.05, 3.63) is 76.2 Å². The van der Waals surface area contributed by atoms with Crippen LogP contribution in [0.2, 0.25) is 0 Å². The van der Waals surface area contributed by atoms with Crippen molar-refractivity contribution in [2.24, 2.45) is 0 Å². The zero-order valence-corrected chi connectivity index (χ0v) is 23.1. The molecule has 4 rings (SSSR count). The van der Waals surface area contributed by atoms with E-state index in [1.54, 1.807) is 35.2 Å². The van der Waals surface area contributed by atoms with Crippen molar-refractivity contribution in [3.63, 3.8) is 0 Å². The number of para-hydroxylation sites is 1. The Hall–Kier alpha value is -4.23. The highest BCUT2D eigenvalue weighted by molar-refractivity contribution is 7.92. The minimum atomic E-state index is -3.86. The van der Waals surface area contributed by atoms with E-state index >= 15 is 0 Å². The van der Waals surface area contributed by atoms with Gasteiger partial charge < -0.3 is 10.2 Å². The lowest BCUT2D eigenvalue weighted by molar-refractivity contribution is -0.129. The molecular weight excluding hydrogens is 542 g/mol. The number of benzene rings is 2. The maximum atomic E-state index is 13.1. The van der Waals surface area contributed by atoms with E-state index in [9.17, 15) is 27.6 Å². The first kappa shape index (κ1) is 27.8. The fourth-order valence-corrected chi connectivity index (χ4v) is 6.55. The predicted molar refractivity (Wildman–Crippen MR) is 147 cm³/mol. The van der Waals surface area contributed by atoms with E-state index in [1.165, 1.54) is 56.5 Å². The van der Waals surface area contributed by atoms with Gasteiger partial charge in [-0.2, -0.15) is 0 Å². The maximum Gasteiger partial charge on any atom is 0.272 e. The van der Waals surface area contributed by atoms with E-state index in [-0.39, 0.29) is 26.9 Å². The molecule has 13 heteroatoms. The van der Waals surface area contributed by atoms with E-state index in [1.807, 2.05) is 0 Å². The number of anilines is 2. The molecule has 0 spiro atoms. The summed E-state index contributed by atoms with van der Waals surface area (Å²) in [6.45, 7) is 3.43. The second-order valence-electron chi connectivity index (χ2n) is 8.82. The van der Waals surface area contributed by atoms with Gasteiger partial charge in [0.15, 0.2) is 0 Å². The highest BCUT2D eigenvalue weighted by Crippen LogP contribution is 2.37. The second-order valence-corrected chi connectivity index (χ2v) is 11.9. The lowest BCUT2D eigenvalue weighted by atomic mass is 10.0. The number of hydrazine groups is 1. The molecule has 0 aliphatic carbocycles. The standard InChI is InChI=1S/C26H27N5O6S2/c1-16(32)28-29-25(35)23-21-13-14-31(17(2)33)15-22(21)38-26(23)27-24(34)18-9-11-20(12-10-18)39(36,37)30(3)19-7-5-4-6-8-19/h4-12H,13-15H2,1-3H3,(H,27,34)(H,28,32)(H,29,35). The van der Waals surface area contributed by atoms with E-state index in [4.69, 9.17) is 0 Å². The monoisotopic (exact) mass is 569 g/mol. The van der Waals surface area contributed by atoms with Crippen LogP contribution in [-0.4, -0.2) is 50.5 Å². The van der Waals surface area contributed by atoms with Gasteiger partial charge in [-0.3, -0.25) is 34.3 Å². The van der Waals surface area contributed by atoms with Crippen molar-refractivity contribution in [2.45, 2.75) is 31.7 Å². The molecule has 2 heterocycles. The lowest BCUT2D eigenvalue weighted by Crippen LogP contribution is -2.41. The molecule has 1 aliphatic heterocycles. The number of carbonyl (C=O) groups excluding carboxylic acids is 4. The van der Waals surface area contributed by atoms with Crippen molar-refractivity contribution >= 4 is 55.7 Å². The Morgan fingerprint density at radius 1 is 0.923 bits per heavy atom. The Kier molecular flexibility index (Phi) is 8.02. The predicted octanol–water partition coefficient (Wildman–Crippen LogP) is 2.51. The van der Waals surface area contributed by atoms with Crippen molar-refractivity contribution in [1.29, 1.82) is 0 Å². The normalized spacial score (nSPS) is 12.7. The van der Waals surface area contributed by atoms with Crippen LogP contribution in [0.5, 0.6) is 0 Å². The summed E-state index contributed by atoms with van der Waals surface area (Å²) in [4.78, 5) is 51.7. The molecule has 1 aromatic heterocycles. The van der Waals surface area contributed by atoms with Gasteiger partial charge in [0.1, 0.15) is 5.00 Å². The van der Waals surface area contributed by atoms with Crippen molar-refractivity contribution in [2.75, 3.05) is 23.2 Å². The van der Waals surface area contributed by atoms with Crippen LogP contribution in [0.1, 0.15) is 45.0 Å². The number of thiophene rings is 1. The summed E-state index contributed by atoms with van der Waals surface area (Å²) in [7, 11) is -2.41. The molecule has 0 atom stereocenters. The number of nitrogens with one attached hydrogen (secondary N) is 3. The number of carbonyl (C=O) groups is 4. The first-order chi connectivity index (χ1) is 18.5. The van der Waals surface area contributed by atoms with E-state index < -0.39 is 27.7 Å². The van der Waals surface area contributed by atoms with Crippen LogP contribution in [0.3, 0.4) is 0 Å². The van der Waals surface area contributed by atoms with Gasteiger partial charge in [0.2, 0.25) is 11.8 Å². The number of rotatable bonds is 6. The summed E-state index contributed by atoms with van der Waals surface area (Å²) in [5.41, 5.74) is 6.17. The summed E-state index contributed by atoms with van der Waals surface area (Å²) in [5, 5.41) is 3.01. The molecule has 39 heavy (non-hydrogen) atoms. The topological polar surface area (TPSA) is 145 Å². The zero-order chi connectivity index (χ0) is 28.3. The minimum absolute atomic E-state index is 0.0108. The summed E-state index contributed by atoms with van der Waals surface area (Å²) >= 11 is 1.18. The van der Waals surface area contributed by atoms with E-state index in [0.717, 1.165) is 9.18 Å². The van der Waals surface area contributed by atoms with Crippen molar-refractivity contribution in [1.82, 2.24) is 15.8 Å². The molecular formula is C26H27N5O6S2. The van der Waals surface area contributed by atoms with Gasteiger partial charge in [0.05, 0.1) is 22.7 Å². The van der Waals surface area contributed by atoms with Crippen molar-refractivity contribution in [3.8, 4) is 0 Å². The molecule has 204 valence electrons. The highest BCUT2D eigenvalue weighted by atomic mass is 32.2. The molecule has 0 saturated heterocycles. The molecule has 1 aliphatic rings. The van der Waals surface area contributed by atoms with Crippen LogP contribution in [0.4, 0.5) is 10.7 Å². The molecule has 0 unspecified atom stereocenters. The third-order valence-corrected chi connectivity index (χ3v) is 9.14. The molecule has 0 saturated carbocycles. The van der Waals surface area contributed by atoms with Gasteiger partial charge in [-0.1, -0.05) is 18.2 Å². The van der Waals surface area contributed by atoms with E-state index in [2.05, 4.69) is 16.2 Å². The van der Waals surface area contributed by atoms with Gasteiger partial charge in [0.25, 0.3) is 21.8 Å². The number of hydrogen-bond donors (Lipinski definition) is 3. The van der Waals surface area contributed by atoms with Gasteiger partial charge in [-0.15, -0.1) is 11.3 Å². The first-order valence-electron chi connectivity index (χ1n) is 11.9. The average Bonchev–Trinajstić information content (AvgIpc) is 3.28. The van der Waals surface area contributed by atoms with Gasteiger partial charge in [0, 0.05) is 37.9 Å². The van der Waals surface area contributed by atoms with Crippen LogP contribution >= 0.6 is 11.3 Å². The number of hydrogen-bond acceptors (Lipinski definition) is 7. The minimum Gasteiger partial charge on any atom is -0.337 e. The molecule has 0 bridgehead atoms. The molecule has 0 fully saturated rings. The Labute approximate surface area is 229 Å². The Bertz CT molecular complexity index is 1530. The summed E-state index contributed by atoms with van der Waals surface area (Å²) in [5.74, 6) is -1.71. The van der Waals surface area contributed by atoms with Crippen LogP contribution in [-0.2, 0) is 32.6 Å². The Morgan fingerprint density at radius 2 is 1.59 bits per heavy atom. The largest absolute Gasteiger partial charge is 0.337 e. The SMILES string of the molecule is CC(=O)NNC(=O)c1c(NC(=O)c2ccc(S(=O)(=O)N(C)c3ccccc3)cc2)sc2c1CCN(C(C)=O)C2. The third-order valence-electron chi connectivity index (χ3n) is 6.20. The van der Waals surface area contributed by atoms with Crippen LogP contribution in [0.15, 0.2) is 59.5 Å². The fourth-order valence-electron chi connectivity index (χ4n) is 4.10. The van der Waals surface area contributed by atoms with Crippen LogP contribution in [0, 0.1) is 0 Å². The summed E-state index contributed by atoms with van der Waals surface area (Å²) < 4.78 is 27.2. The molecule has 2 aromatic carbocycles. The quantitative estimate of drug-likeness (QED) is 0.389. The third kappa shape index (κ3) is 5.94. The Morgan fingerprint density at radius 3 is 2.21 bits per heavy atom. The number of amides is 4. The van der Waals surface area contributed by atoms with Gasteiger partial charge in [-0.05, 0) is 48.4 Å². The van der Waals surface area contributed by atoms with Crippen LogP contribution < -0.4 is 20.5 Å². The number of fused-ring (bicyclic) bond motifs is 1. The van der Waals surface area contributed by atoms with Gasteiger partial charge >= 0.3 is 0 Å². The Balaban J connectivity index is 1.58. The smallest absolute Gasteiger partial charge is 0.272 e. The molecule has 11 nitrogen and oxygen atoms in total. The number of nitrogens with zero attached hydrogens (tertiary/aromatic N) is 2. The summed E-state index contributed by atoms with van der Waals surface area (Å²) in [6, 6.07) is 14.1. The number of sulfonamides is 1. The molecule has 0 radical (unpaired) electrons. The first-order valence-corrected chi connectivity index (χ1v) is 14.2. The molecule has 4 amide bonds. The summed E-state index contributed by atoms with van der Waals surface area (Å²) in [6.07, 6.45) is 0.408. The van der Waals surface area contributed by atoms with E-state index in [0.29, 0.717) is 30.8 Å². The highest BCUT2D eigenvalue weighted by Gasteiger charge is 2.30. The fraction of sp³-hybridized carbons (Fsp3) is 0.231. The second kappa shape index (κ2) is 11.3. The maximum absolute atomic E-state index is 13.1. The lowest BCUT2D eigenvalue weighted by Gasteiger charge is -2.26. The molecule has 3 N–H and O–H groups in total. The average molecular weight is 570 g/mol. The van der Waals surface area contributed by atoms with Crippen molar-refractivity contribution < 1.29 is 27.6 Å². The van der Waals surface area contributed by atoms with Gasteiger partial charge in [-0.25, -0.2) is 8.42 Å². The molecule has 3 aromatic rings. The zero-order valence-electron chi connectivity index (χ0n) is 21.5.